The van der Waals surface area contributed by atoms with E-state index in [-0.39, 0.29) is 11.4 Å². The van der Waals surface area contributed by atoms with E-state index >= 15 is 0 Å². The number of nitrogens with one attached hydrogen (secondary N) is 2. The molecule has 16 heavy (non-hydrogen) atoms. The Balaban J connectivity index is 1.75. The fraction of sp³-hybridized carbons (Fsp3) is 0.636. The molecule has 1 aliphatic rings. The van der Waals surface area contributed by atoms with Gasteiger partial charge in [0.25, 0.3) is 0 Å². The minimum absolute atomic E-state index is 0.102. The average Bonchev–Trinajstić information content (AvgIpc) is 2.90. The van der Waals surface area contributed by atoms with Gasteiger partial charge in [-0.25, -0.2) is 4.98 Å². The first kappa shape index (κ1) is 11.1. The van der Waals surface area contributed by atoms with Crippen LogP contribution in [0.1, 0.15) is 19.8 Å². The minimum Gasteiger partial charge on any atom is -0.353 e. The van der Waals surface area contributed by atoms with Gasteiger partial charge in [0.2, 0.25) is 5.91 Å². The lowest BCUT2D eigenvalue weighted by atomic mass is 9.99. The highest BCUT2D eigenvalue weighted by Gasteiger charge is 2.35. The normalized spacial score (nSPS) is 24.6. The Morgan fingerprint density at radius 3 is 3.19 bits per heavy atom. The van der Waals surface area contributed by atoms with Crippen LogP contribution in [0.3, 0.4) is 0 Å². The summed E-state index contributed by atoms with van der Waals surface area (Å²) in [6.07, 6.45) is 7.38. The van der Waals surface area contributed by atoms with Gasteiger partial charge < -0.3 is 15.2 Å². The highest BCUT2D eigenvalue weighted by molar-refractivity contribution is 5.86. The van der Waals surface area contributed by atoms with Crippen LogP contribution in [0.15, 0.2) is 18.7 Å². The number of amides is 1. The van der Waals surface area contributed by atoms with E-state index in [9.17, 15) is 4.79 Å². The molecule has 0 radical (unpaired) electrons. The Morgan fingerprint density at radius 1 is 1.69 bits per heavy atom. The molecule has 1 aromatic heterocycles. The first-order chi connectivity index (χ1) is 7.71. The summed E-state index contributed by atoms with van der Waals surface area (Å²) in [5.74, 6) is 0.102. The number of hydrogen-bond donors (Lipinski definition) is 2. The van der Waals surface area contributed by atoms with Gasteiger partial charge in [0.05, 0.1) is 11.9 Å². The number of carbonyl (C=O) groups excluding carboxylic acids is 1. The van der Waals surface area contributed by atoms with Crippen LogP contribution in [0.5, 0.6) is 0 Å². The van der Waals surface area contributed by atoms with Crippen molar-refractivity contribution in [2.45, 2.75) is 31.8 Å². The van der Waals surface area contributed by atoms with Crippen LogP contribution in [0.2, 0.25) is 0 Å². The predicted octanol–water partition coefficient (Wildman–Crippen LogP) is 0.141. The van der Waals surface area contributed by atoms with E-state index in [2.05, 4.69) is 15.6 Å². The molecule has 1 fully saturated rings. The average molecular weight is 222 g/mol. The summed E-state index contributed by atoms with van der Waals surface area (Å²) < 4.78 is 1.95. The quantitative estimate of drug-likeness (QED) is 0.762. The summed E-state index contributed by atoms with van der Waals surface area (Å²) >= 11 is 0. The Bertz CT molecular complexity index is 341. The number of nitrogens with zero attached hydrogens (tertiary/aromatic N) is 2. The predicted molar refractivity (Wildman–Crippen MR) is 60.9 cm³/mol. The number of carbonyl (C=O) groups is 1. The molecule has 0 saturated carbocycles. The van der Waals surface area contributed by atoms with Gasteiger partial charge >= 0.3 is 0 Å². The summed E-state index contributed by atoms with van der Waals surface area (Å²) in [6.45, 7) is 4.31. The molecule has 1 aromatic rings. The summed E-state index contributed by atoms with van der Waals surface area (Å²) in [5, 5.41) is 6.20. The van der Waals surface area contributed by atoms with E-state index in [0.29, 0.717) is 6.54 Å². The fourth-order valence-corrected chi connectivity index (χ4v) is 2.00. The van der Waals surface area contributed by atoms with Crippen LogP contribution in [0.25, 0.3) is 0 Å². The number of aromatic nitrogens is 2. The van der Waals surface area contributed by atoms with Gasteiger partial charge in [0, 0.05) is 25.5 Å². The zero-order chi connectivity index (χ0) is 11.4. The van der Waals surface area contributed by atoms with Crippen LogP contribution in [0, 0.1) is 0 Å². The SMILES string of the molecule is CC1(C(=O)NCCn2ccnc2)CCCN1. The number of imidazole rings is 1. The van der Waals surface area contributed by atoms with Crippen molar-refractivity contribution >= 4 is 5.91 Å². The second-order valence-electron chi connectivity index (χ2n) is 4.42. The van der Waals surface area contributed by atoms with Gasteiger partial charge in [0.1, 0.15) is 0 Å². The molecule has 0 bridgehead atoms. The van der Waals surface area contributed by atoms with E-state index in [0.717, 1.165) is 25.9 Å². The van der Waals surface area contributed by atoms with Crippen LogP contribution in [0.4, 0.5) is 0 Å². The van der Waals surface area contributed by atoms with Gasteiger partial charge in [-0.1, -0.05) is 0 Å². The van der Waals surface area contributed by atoms with Gasteiger partial charge in [-0.15, -0.1) is 0 Å². The topological polar surface area (TPSA) is 59.0 Å². The first-order valence-electron chi connectivity index (χ1n) is 5.70. The third-order valence-electron chi connectivity index (χ3n) is 3.08. The van der Waals surface area contributed by atoms with Crippen molar-refractivity contribution in [3.05, 3.63) is 18.7 Å². The van der Waals surface area contributed by atoms with E-state index in [1.54, 1.807) is 12.5 Å². The van der Waals surface area contributed by atoms with Crippen LogP contribution >= 0.6 is 0 Å². The third-order valence-corrected chi connectivity index (χ3v) is 3.08. The van der Waals surface area contributed by atoms with E-state index in [1.807, 2.05) is 17.7 Å². The van der Waals surface area contributed by atoms with Crippen molar-refractivity contribution in [3.63, 3.8) is 0 Å². The number of rotatable bonds is 4. The maximum Gasteiger partial charge on any atom is 0.240 e. The second-order valence-corrected chi connectivity index (χ2v) is 4.42. The summed E-state index contributed by atoms with van der Waals surface area (Å²) in [6, 6.07) is 0. The minimum atomic E-state index is -0.366. The molecule has 88 valence electrons. The fourth-order valence-electron chi connectivity index (χ4n) is 2.00. The smallest absolute Gasteiger partial charge is 0.240 e. The van der Waals surface area contributed by atoms with Gasteiger partial charge in [-0.3, -0.25) is 4.79 Å². The molecule has 0 aromatic carbocycles. The summed E-state index contributed by atoms with van der Waals surface area (Å²) in [4.78, 5) is 15.8. The van der Waals surface area contributed by atoms with Gasteiger partial charge in [0.15, 0.2) is 0 Å². The van der Waals surface area contributed by atoms with Crippen molar-refractivity contribution in [2.75, 3.05) is 13.1 Å². The largest absolute Gasteiger partial charge is 0.353 e. The molecular weight excluding hydrogens is 204 g/mol. The molecular formula is C11H18N4O. The lowest BCUT2D eigenvalue weighted by Gasteiger charge is -2.23. The third kappa shape index (κ3) is 2.41. The Morgan fingerprint density at radius 2 is 2.56 bits per heavy atom. The van der Waals surface area contributed by atoms with Crippen molar-refractivity contribution in [1.29, 1.82) is 0 Å². The monoisotopic (exact) mass is 222 g/mol. The molecule has 0 aliphatic carbocycles. The van der Waals surface area contributed by atoms with Crippen LogP contribution < -0.4 is 10.6 Å². The molecule has 2 heterocycles. The molecule has 1 atom stereocenters. The number of hydrogen-bond acceptors (Lipinski definition) is 3. The van der Waals surface area contributed by atoms with E-state index in [1.165, 1.54) is 0 Å². The van der Waals surface area contributed by atoms with Crippen LogP contribution in [-0.2, 0) is 11.3 Å². The van der Waals surface area contributed by atoms with Crippen molar-refractivity contribution in [2.24, 2.45) is 0 Å². The van der Waals surface area contributed by atoms with E-state index < -0.39 is 0 Å². The van der Waals surface area contributed by atoms with Crippen molar-refractivity contribution < 1.29 is 4.79 Å². The molecule has 1 aliphatic heterocycles. The summed E-state index contributed by atoms with van der Waals surface area (Å²) in [7, 11) is 0. The molecule has 2 rings (SSSR count). The van der Waals surface area contributed by atoms with Crippen molar-refractivity contribution in [3.8, 4) is 0 Å². The molecule has 1 saturated heterocycles. The molecule has 0 spiro atoms. The maximum absolute atomic E-state index is 11.9. The lowest BCUT2D eigenvalue weighted by Crippen LogP contribution is -2.51. The van der Waals surface area contributed by atoms with Crippen molar-refractivity contribution in [1.82, 2.24) is 20.2 Å². The Labute approximate surface area is 95.2 Å². The maximum atomic E-state index is 11.9. The molecule has 1 unspecified atom stereocenters. The molecule has 5 heteroatoms. The standard InChI is InChI=1S/C11H18N4O/c1-11(3-2-4-14-11)10(16)13-6-8-15-7-5-12-9-15/h5,7,9,14H,2-4,6,8H2,1H3,(H,13,16). The summed E-state index contributed by atoms with van der Waals surface area (Å²) in [5.41, 5.74) is -0.366. The van der Waals surface area contributed by atoms with E-state index in [4.69, 9.17) is 0 Å². The lowest BCUT2D eigenvalue weighted by molar-refractivity contribution is -0.126. The van der Waals surface area contributed by atoms with Crippen LogP contribution in [-0.4, -0.2) is 34.1 Å². The van der Waals surface area contributed by atoms with Gasteiger partial charge in [-0.2, -0.15) is 0 Å². The zero-order valence-electron chi connectivity index (χ0n) is 9.57. The second kappa shape index (κ2) is 4.65. The highest BCUT2D eigenvalue weighted by Crippen LogP contribution is 2.18. The Hall–Kier alpha value is -1.36. The van der Waals surface area contributed by atoms with Gasteiger partial charge in [-0.05, 0) is 26.3 Å². The Kier molecular flexibility index (Phi) is 3.24. The highest BCUT2D eigenvalue weighted by atomic mass is 16.2. The molecule has 1 amide bonds. The molecule has 5 nitrogen and oxygen atoms in total. The zero-order valence-corrected chi connectivity index (χ0v) is 9.57. The first-order valence-corrected chi connectivity index (χ1v) is 5.70. The molecule has 2 N–H and O–H groups in total.